The maximum atomic E-state index is 2.22. The zero-order valence-corrected chi connectivity index (χ0v) is 10.3. The molecule has 1 aromatic rings. The minimum Gasteiger partial charge on any atom is -0.119 e. The summed E-state index contributed by atoms with van der Waals surface area (Å²) in [5.41, 5.74) is 0. The average Bonchev–Trinajstić information content (AvgIpc) is 2.67. The van der Waals surface area contributed by atoms with Crippen LogP contribution in [0.2, 0.25) is 0 Å². The van der Waals surface area contributed by atoms with E-state index in [1.54, 1.807) is 14.3 Å². The van der Waals surface area contributed by atoms with Gasteiger partial charge in [0.05, 0.1) is 9.79 Å². The van der Waals surface area contributed by atoms with E-state index in [1.165, 1.54) is 17.3 Å². The number of rotatable bonds is 5. The molecule has 0 fully saturated rings. The van der Waals surface area contributed by atoms with E-state index in [-0.39, 0.29) is 0 Å². The molecule has 0 N–H and O–H groups in total. The summed E-state index contributed by atoms with van der Waals surface area (Å²) in [7, 11) is 0. The fourth-order valence-corrected chi connectivity index (χ4v) is 4.33. The van der Waals surface area contributed by atoms with Crippen molar-refractivity contribution in [2.75, 3.05) is 17.3 Å². The van der Waals surface area contributed by atoms with Crippen LogP contribution in [0.1, 0.15) is 20.8 Å². The molecule has 1 aromatic carbocycles. The van der Waals surface area contributed by atoms with E-state index in [1.807, 2.05) is 34.9 Å². The van der Waals surface area contributed by atoms with Gasteiger partial charge in [0.15, 0.2) is 17.1 Å². The molecule has 0 radical (unpaired) electrons. The first-order valence-corrected chi connectivity index (χ1v) is 7.31. The Morgan fingerprint density at radius 2 is 1.50 bits per heavy atom. The second kappa shape index (κ2) is 5.30. The Kier molecular flexibility index (Phi) is 4.69. The van der Waals surface area contributed by atoms with Gasteiger partial charge in [0.2, 0.25) is 0 Å². The molecule has 0 saturated heterocycles. The van der Waals surface area contributed by atoms with E-state index in [2.05, 4.69) is 20.8 Å². The van der Waals surface area contributed by atoms with Crippen LogP contribution in [-0.2, 0) is 11.4 Å². The van der Waals surface area contributed by atoms with Crippen molar-refractivity contribution in [3.8, 4) is 0 Å². The lowest BCUT2D eigenvalue weighted by atomic mass is 11.0. The van der Waals surface area contributed by atoms with Gasteiger partial charge in [0.25, 0.3) is 4.51 Å². The summed E-state index contributed by atoms with van der Waals surface area (Å²) in [6.45, 7) is 6.66. The van der Waals surface area contributed by atoms with Crippen molar-refractivity contribution in [3.63, 3.8) is 0 Å². The van der Waals surface area contributed by atoms with Crippen LogP contribution >= 0.6 is 23.5 Å². The molecule has 0 aliphatic rings. The zero-order chi connectivity index (χ0) is 8.97. The van der Waals surface area contributed by atoms with Crippen LogP contribution in [0, 0.1) is 4.51 Å². The van der Waals surface area contributed by atoms with Crippen LogP contribution in [0.5, 0.6) is 0 Å². The van der Waals surface area contributed by atoms with Gasteiger partial charge in [-0.15, -0.1) is 23.5 Å². The second-order valence-corrected chi connectivity index (χ2v) is 6.11. The Balaban J connectivity index is 2.62. The number of thioether (sulfide) groups is 2. The van der Waals surface area contributed by atoms with Crippen LogP contribution in [0.4, 0.5) is 0 Å². The van der Waals surface area contributed by atoms with Gasteiger partial charge in [0.1, 0.15) is 0 Å². The minimum absolute atomic E-state index is 1.21. The lowest BCUT2D eigenvalue weighted by Crippen LogP contribution is -1.64. The molecular formula is C9H15S3+. The fraction of sp³-hybridized carbons (Fsp3) is 0.667. The molecule has 0 aromatic heterocycles. The standard InChI is InChI=1S/C9H15S3/c1-4-10-7-8(11-5-2)9(7)12-6-3/h4-6H2,1-3H3/q+1. The lowest BCUT2D eigenvalue weighted by Gasteiger charge is -1.82. The highest BCUT2D eigenvalue weighted by Gasteiger charge is 2.26. The quantitative estimate of drug-likeness (QED) is 0.423. The van der Waals surface area contributed by atoms with E-state index in [0.29, 0.717) is 0 Å². The molecule has 0 saturated carbocycles. The lowest BCUT2D eigenvalue weighted by molar-refractivity contribution is 1.48. The van der Waals surface area contributed by atoms with Crippen molar-refractivity contribution in [3.05, 3.63) is 4.51 Å². The Morgan fingerprint density at radius 1 is 1.00 bits per heavy atom. The van der Waals surface area contributed by atoms with Crippen LogP contribution in [0.25, 0.3) is 0 Å². The number of hydrogen-bond acceptors (Lipinski definition) is 2. The highest BCUT2D eigenvalue weighted by Crippen LogP contribution is 2.42. The summed E-state index contributed by atoms with van der Waals surface area (Å²) in [5, 5.41) is 0. The second-order valence-electron chi connectivity index (χ2n) is 2.29. The zero-order valence-electron chi connectivity index (χ0n) is 7.85. The van der Waals surface area contributed by atoms with E-state index in [4.69, 9.17) is 0 Å². The molecule has 0 bridgehead atoms. The molecular weight excluding hydrogens is 204 g/mol. The maximum absolute atomic E-state index is 2.22. The Labute approximate surface area is 87.2 Å². The summed E-state index contributed by atoms with van der Waals surface area (Å²) in [5.74, 6) is 3.62. The molecule has 0 nitrogen and oxygen atoms in total. The van der Waals surface area contributed by atoms with Gasteiger partial charge >= 0.3 is 0 Å². The van der Waals surface area contributed by atoms with E-state index in [9.17, 15) is 0 Å². The monoisotopic (exact) mass is 219 g/mol. The van der Waals surface area contributed by atoms with Crippen LogP contribution in [0.15, 0.2) is 9.79 Å². The first kappa shape index (κ1) is 10.6. The SMILES string of the molecule is CCSc1c(SCC)c1=[S+]CC. The van der Waals surface area contributed by atoms with Gasteiger partial charge < -0.3 is 0 Å². The fourth-order valence-electron chi connectivity index (χ4n) is 0.965. The smallest absolute Gasteiger partial charge is 0.119 e. The summed E-state index contributed by atoms with van der Waals surface area (Å²) in [6, 6.07) is 0. The van der Waals surface area contributed by atoms with Crippen molar-refractivity contribution in [1.29, 1.82) is 0 Å². The van der Waals surface area contributed by atoms with E-state index < -0.39 is 0 Å². The Hall–Kier alpha value is 0.530. The third-order valence-corrected chi connectivity index (χ3v) is 4.77. The summed E-state index contributed by atoms with van der Waals surface area (Å²) in [4.78, 5) is 3.16. The molecule has 3 heteroatoms. The minimum atomic E-state index is 1.21. The molecule has 12 heavy (non-hydrogen) atoms. The van der Waals surface area contributed by atoms with Gasteiger partial charge in [-0.1, -0.05) is 13.8 Å². The molecule has 0 amide bonds. The van der Waals surface area contributed by atoms with Crippen LogP contribution in [-0.4, -0.2) is 17.3 Å². The van der Waals surface area contributed by atoms with Crippen LogP contribution < -0.4 is 0 Å². The third-order valence-electron chi connectivity index (χ3n) is 1.42. The van der Waals surface area contributed by atoms with E-state index in [0.717, 1.165) is 0 Å². The molecule has 0 aliphatic heterocycles. The van der Waals surface area contributed by atoms with Crippen LogP contribution in [0.3, 0.4) is 0 Å². The molecule has 0 spiro atoms. The van der Waals surface area contributed by atoms with Gasteiger partial charge in [-0.3, -0.25) is 0 Å². The molecule has 0 atom stereocenters. The van der Waals surface area contributed by atoms with Gasteiger partial charge in [-0.25, -0.2) is 0 Å². The van der Waals surface area contributed by atoms with Gasteiger partial charge in [-0.05, 0) is 18.4 Å². The van der Waals surface area contributed by atoms with Gasteiger partial charge in [-0.2, -0.15) is 0 Å². The predicted octanol–water partition coefficient (Wildman–Crippen LogP) is 3.42. The van der Waals surface area contributed by atoms with E-state index >= 15 is 0 Å². The molecule has 68 valence electrons. The van der Waals surface area contributed by atoms with Crippen molar-refractivity contribution >= 4 is 34.9 Å². The molecule has 0 heterocycles. The first-order valence-electron chi connectivity index (χ1n) is 4.35. The topological polar surface area (TPSA) is 0 Å². The van der Waals surface area contributed by atoms with Gasteiger partial charge in [0, 0.05) is 0 Å². The Morgan fingerprint density at radius 3 is 1.83 bits per heavy atom. The summed E-state index contributed by atoms with van der Waals surface area (Å²) < 4.78 is 1.58. The van der Waals surface area contributed by atoms with Crippen molar-refractivity contribution in [1.82, 2.24) is 0 Å². The predicted molar refractivity (Wildman–Crippen MR) is 62.8 cm³/mol. The van der Waals surface area contributed by atoms with Crippen molar-refractivity contribution in [2.45, 2.75) is 30.6 Å². The molecule has 1 rings (SSSR count). The average molecular weight is 219 g/mol. The highest BCUT2D eigenvalue weighted by atomic mass is 32.2. The summed E-state index contributed by atoms with van der Waals surface area (Å²) >= 11 is 5.98. The largest absolute Gasteiger partial charge is 0.253 e. The van der Waals surface area contributed by atoms with Crippen molar-refractivity contribution in [2.24, 2.45) is 0 Å². The highest BCUT2D eigenvalue weighted by molar-refractivity contribution is 8.03. The number of hydrogen-bond donors (Lipinski definition) is 0. The van der Waals surface area contributed by atoms with Crippen molar-refractivity contribution < 1.29 is 0 Å². The molecule has 0 aliphatic carbocycles. The first-order chi connectivity index (χ1) is 5.85. The maximum Gasteiger partial charge on any atom is 0.253 e. The summed E-state index contributed by atoms with van der Waals surface area (Å²) in [6.07, 6.45) is 0. The molecule has 0 unspecified atom stereocenters. The normalized spacial score (nSPS) is 10.9. The third kappa shape index (κ3) is 2.51. The Bertz CT molecular complexity index is 235.